The Labute approximate surface area is 365 Å². The van der Waals surface area contributed by atoms with Crippen molar-refractivity contribution in [3.8, 4) is 5.69 Å². The van der Waals surface area contributed by atoms with Crippen molar-refractivity contribution in [2.75, 3.05) is 0 Å². The summed E-state index contributed by atoms with van der Waals surface area (Å²) in [5.74, 6) is -2.49. The van der Waals surface area contributed by atoms with Gasteiger partial charge in [-0.25, -0.2) is 13.4 Å². The molecule has 0 fully saturated rings. The smallest absolute Gasteiger partial charge is 0.860 e. The standard InChI is InChI=1S/C28H19N7O12S3.3Na/c36-26-25(27(37)30-28(38)29-26)32-31-16-9-7-14(21(11-16)48(39,40)41)5-6-15-8-10-17(12-22(15)49(42,43)44)35-33-20-13-23(50(45,46)47)18-3-1-2-4-19(18)24(20)34-35;;;/h1-13,25H,(H,39,40,41)(H,42,43,44)(H,45,46,47)(H2,29,30,36,37,38);;;/q;3*+1/p-3. The second-order valence-electron chi connectivity index (χ2n) is 10.3. The maximum atomic E-state index is 12.4. The summed E-state index contributed by atoms with van der Waals surface area (Å²) < 4.78 is 105. The molecule has 1 amide bonds. The Kier molecular flexibility index (Phi) is 14.3. The first-order valence-corrected chi connectivity index (χ1v) is 17.8. The summed E-state index contributed by atoms with van der Waals surface area (Å²) in [4.78, 5) is 16.7. The molecule has 0 bridgehead atoms. The van der Waals surface area contributed by atoms with E-state index in [9.17, 15) is 53.9 Å². The Bertz CT molecular complexity index is 2760. The monoisotopic (exact) mass is 807 g/mol. The molecule has 0 spiro atoms. The van der Waals surface area contributed by atoms with Gasteiger partial charge in [0.1, 0.15) is 30.9 Å². The zero-order valence-corrected chi connectivity index (χ0v) is 35.9. The maximum Gasteiger partial charge on any atom is 1.00 e. The molecule has 1 aliphatic rings. The third-order valence-corrected chi connectivity index (χ3v) is 9.71. The van der Waals surface area contributed by atoms with Gasteiger partial charge in [-0.3, -0.25) is 18.9 Å². The molecule has 1 atom stereocenters. The van der Waals surface area contributed by atoms with Gasteiger partial charge in [0.15, 0.2) is 6.04 Å². The number of rotatable bonds is 8. The van der Waals surface area contributed by atoms with Gasteiger partial charge in [0.25, 0.3) is 26.1 Å². The number of benzene rings is 4. The van der Waals surface area contributed by atoms with Gasteiger partial charge >= 0.3 is 88.7 Å². The number of aromatic nitrogens is 3. The Balaban J connectivity index is 0.00000252. The molecule has 1 aliphatic heterocycles. The first-order chi connectivity index (χ1) is 23.4. The van der Waals surface area contributed by atoms with Crippen LogP contribution in [-0.2, 0) is 35.1 Å². The number of hydrogen-bond donors (Lipinski definition) is 2. The quantitative estimate of drug-likeness (QED) is 0.0637. The summed E-state index contributed by atoms with van der Waals surface area (Å²) in [7, 11) is -14.9. The van der Waals surface area contributed by atoms with Crippen molar-refractivity contribution in [3.63, 3.8) is 0 Å². The number of fused-ring (bicyclic) bond motifs is 3. The summed E-state index contributed by atoms with van der Waals surface area (Å²) in [5, 5.41) is 38.9. The minimum atomic E-state index is -5.21. The first kappa shape index (κ1) is 44.6. The number of amidine groups is 1. The SMILES string of the molecule is O=C1N=C([O-])N=C([O-])C1N=Nc1ccc(C=Cc2ccc(-n3nc4cc(S(=O)(=O)O)c5ccccc5c4n3)cc2S(=O)(=O)O)c(S(=O)(=O)[O-])c1.[Na+].[Na+].[Na+]. The molecule has 4 aromatic carbocycles. The van der Waals surface area contributed by atoms with Gasteiger partial charge in [-0.15, -0.1) is 10.2 Å². The number of hydrogen-bond acceptors (Lipinski definition) is 15. The third kappa shape index (κ3) is 9.73. The van der Waals surface area contributed by atoms with Crippen molar-refractivity contribution in [3.05, 3.63) is 77.9 Å². The van der Waals surface area contributed by atoms with Crippen LogP contribution in [0.15, 0.2) is 102 Å². The fraction of sp³-hybridized carbons (Fsp3) is 0.0357. The number of amides is 1. The van der Waals surface area contributed by atoms with E-state index in [1.54, 1.807) is 18.2 Å². The Morgan fingerprint density at radius 1 is 0.736 bits per heavy atom. The van der Waals surface area contributed by atoms with Gasteiger partial charge in [0.05, 0.1) is 22.3 Å². The second kappa shape index (κ2) is 16.9. The van der Waals surface area contributed by atoms with Gasteiger partial charge in [0, 0.05) is 16.7 Å². The zero-order valence-electron chi connectivity index (χ0n) is 27.4. The van der Waals surface area contributed by atoms with Crippen LogP contribution in [-0.4, -0.2) is 77.8 Å². The molecule has 0 saturated carbocycles. The van der Waals surface area contributed by atoms with Crippen LogP contribution in [0.25, 0.3) is 39.6 Å². The third-order valence-electron chi connectivity index (χ3n) is 7.02. The number of aliphatic imine (C=N–C) groups is 2. The molecule has 0 aliphatic carbocycles. The molecule has 1 aromatic heterocycles. The van der Waals surface area contributed by atoms with Gasteiger partial charge in [0.2, 0.25) is 0 Å². The molecule has 1 unspecified atom stereocenters. The van der Waals surface area contributed by atoms with Crippen LogP contribution in [0.5, 0.6) is 0 Å². The summed E-state index contributed by atoms with van der Waals surface area (Å²) >= 11 is 0. The fourth-order valence-electron chi connectivity index (χ4n) is 4.83. The van der Waals surface area contributed by atoms with Crippen LogP contribution in [0.4, 0.5) is 5.69 Å². The molecule has 5 aromatic rings. The average Bonchev–Trinajstić information content (AvgIpc) is 3.46. The predicted molar refractivity (Wildman–Crippen MR) is 168 cm³/mol. The Hall–Kier alpha value is -2.78. The number of azo groups is 1. The molecule has 2 N–H and O–H groups in total. The molecule has 53 heavy (non-hydrogen) atoms. The first-order valence-electron chi connectivity index (χ1n) is 13.5. The minimum Gasteiger partial charge on any atom is -0.860 e. The molecule has 0 saturated heterocycles. The largest absolute Gasteiger partial charge is 1.00 e. The van der Waals surface area contributed by atoms with Crippen molar-refractivity contribution in [2.45, 2.75) is 20.7 Å². The van der Waals surface area contributed by atoms with Crippen molar-refractivity contribution >= 4 is 87.8 Å². The summed E-state index contributed by atoms with van der Waals surface area (Å²) in [6.07, 6.45) is 2.13. The van der Waals surface area contributed by atoms with Crippen LogP contribution in [0.2, 0.25) is 0 Å². The summed E-state index contributed by atoms with van der Waals surface area (Å²) in [6, 6.07) is 10.6. The van der Waals surface area contributed by atoms with Gasteiger partial charge in [-0.05, 0) is 41.5 Å². The van der Waals surface area contributed by atoms with E-state index in [4.69, 9.17) is 0 Å². The molecule has 25 heteroatoms. The topological polar surface area (TPSA) is 309 Å². The van der Waals surface area contributed by atoms with Crippen molar-refractivity contribution in [1.82, 2.24) is 15.0 Å². The van der Waals surface area contributed by atoms with Crippen molar-refractivity contribution in [2.24, 2.45) is 20.2 Å². The maximum absolute atomic E-state index is 12.4. The van der Waals surface area contributed by atoms with Gasteiger partial charge in [-0.2, -0.15) is 31.9 Å². The Morgan fingerprint density at radius 2 is 1.34 bits per heavy atom. The molecule has 0 radical (unpaired) electrons. The van der Waals surface area contributed by atoms with Gasteiger partial charge < -0.3 is 14.8 Å². The van der Waals surface area contributed by atoms with E-state index in [1.807, 2.05) is 0 Å². The van der Waals surface area contributed by atoms with E-state index in [2.05, 4.69) is 30.4 Å². The van der Waals surface area contributed by atoms with Crippen LogP contribution in [0, 0.1) is 0 Å². The fourth-order valence-corrected chi connectivity index (χ4v) is 6.94. The molecule has 19 nitrogen and oxygen atoms in total. The number of carbonyl (C=O) groups is 1. The van der Waals surface area contributed by atoms with Crippen LogP contribution in [0.3, 0.4) is 0 Å². The van der Waals surface area contributed by atoms with E-state index in [-0.39, 0.29) is 128 Å². The van der Waals surface area contributed by atoms with E-state index in [0.29, 0.717) is 5.39 Å². The average molecular weight is 808 g/mol. The van der Waals surface area contributed by atoms with Crippen LogP contribution in [0.1, 0.15) is 11.1 Å². The molecule has 2 heterocycles. The van der Waals surface area contributed by atoms with E-state index in [0.717, 1.165) is 47.3 Å². The van der Waals surface area contributed by atoms with E-state index in [1.165, 1.54) is 18.2 Å². The normalized spacial score (nSPS) is 15.2. The second-order valence-corrected chi connectivity index (χ2v) is 14.4. The molecular formula is C28H16N7Na3O12S3. The summed E-state index contributed by atoms with van der Waals surface area (Å²) in [6.45, 7) is 0. The minimum absolute atomic E-state index is 0. The molecule has 6 rings (SSSR count). The Morgan fingerprint density at radius 3 is 1.94 bits per heavy atom. The van der Waals surface area contributed by atoms with Crippen molar-refractivity contribution < 1.29 is 143 Å². The number of nitrogens with zero attached hydrogens (tertiary/aromatic N) is 7. The molecule has 256 valence electrons. The van der Waals surface area contributed by atoms with Gasteiger partial charge in [-0.1, -0.05) is 48.6 Å². The number of carbonyl (C=O) groups excluding carboxylic acids is 1. The van der Waals surface area contributed by atoms with E-state index < -0.39 is 68.9 Å². The predicted octanol–water partition coefficient (Wildman–Crippen LogP) is -8.38. The zero-order chi connectivity index (χ0) is 36.2. The summed E-state index contributed by atoms with van der Waals surface area (Å²) in [5.41, 5.74) is -0.516. The van der Waals surface area contributed by atoms with Crippen molar-refractivity contribution in [1.29, 1.82) is 0 Å². The van der Waals surface area contributed by atoms with Crippen LogP contribution < -0.4 is 98.9 Å². The van der Waals surface area contributed by atoms with Crippen LogP contribution >= 0.6 is 0 Å². The van der Waals surface area contributed by atoms with E-state index >= 15 is 0 Å². The molecular weight excluding hydrogens is 792 g/mol.